The molecule has 5 nitrogen and oxygen atoms in total. The molecule has 1 aromatic heterocycles. The van der Waals surface area contributed by atoms with Crippen molar-refractivity contribution < 1.29 is 9.59 Å². The minimum absolute atomic E-state index is 0.200. The van der Waals surface area contributed by atoms with E-state index in [1.54, 1.807) is 30.3 Å². The Labute approximate surface area is 156 Å². The van der Waals surface area contributed by atoms with Gasteiger partial charge in [0, 0.05) is 23.1 Å². The molecular weight excluding hydrogens is 361 g/mol. The lowest BCUT2D eigenvalue weighted by atomic mass is 10.1. The van der Waals surface area contributed by atoms with E-state index < -0.39 is 0 Å². The minimum Gasteiger partial charge on any atom is -0.351 e. The van der Waals surface area contributed by atoms with E-state index in [1.165, 1.54) is 0 Å². The van der Waals surface area contributed by atoms with Gasteiger partial charge in [0.15, 0.2) is 0 Å². The van der Waals surface area contributed by atoms with Gasteiger partial charge >= 0.3 is 0 Å². The Balaban J connectivity index is 1.93. The van der Waals surface area contributed by atoms with Gasteiger partial charge in [0.25, 0.3) is 11.8 Å². The van der Waals surface area contributed by atoms with Crippen LogP contribution < -0.4 is 10.6 Å². The molecule has 1 aromatic carbocycles. The highest BCUT2D eigenvalue weighted by molar-refractivity contribution is 6.35. The third-order valence-corrected chi connectivity index (χ3v) is 4.03. The Hall–Kier alpha value is -2.11. The fraction of sp³-hybridized carbons (Fsp3) is 0.278. The molecule has 0 aliphatic rings. The third-order valence-electron chi connectivity index (χ3n) is 3.44. The quantitative estimate of drug-likeness (QED) is 0.773. The number of halogens is 2. The molecule has 0 saturated carbocycles. The maximum absolute atomic E-state index is 12.2. The number of carbonyl (C=O) groups excluding carboxylic acids is 2. The predicted octanol–water partition coefficient (Wildman–Crippen LogP) is 3.50. The Morgan fingerprint density at radius 3 is 2.24 bits per heavy atom. The van der Waals surface area contributed by atoms with E-state index in [-0.39, 0.29) is 23.2 Å². The Morgan fingerprint density at radius 1 is 1.00 bits per heavy atom. The zero-order valence-corrected chi connectivity index (χ0v) is 15.3. The number of nitrogens with zero attached hydrogens (tertiary/aromatic N) is 1. The summed E-state index contributed by atoms with van der Waals surface area (Å²) < 4.78 is 0. The summed E-state index contributed by atoms with van der Waals surface area (Å²) in [4.78, 5) is 28.2. The molecule has 2 rings (SSSR count). The Morgan fingerprint density at radius 2 is 1.64 bits per heavy atom. The van der Waals surface area contributed by atoms with Gasteiger partial charge in [-0.2, -0.15) is 0 Å². The normalized spacial score (nSPS) is 10.4. The lowest BCUT2D eigenvalue weighted by Gasteiger charge is -2.08. The number of benzene rings is 1. The van der Waals surface area contributed by atoms with Crippen molar-refractivity contribution in [3.8, 4) is 0 Å². The molecule has 0 saturated heterocycles. The standard InChI is InChI=1S/C18H19Cl2N3O2/c1-2-9-21-17(24)15-4-3-5-16(23-15)18(25)22-10-8-12-6-7-13(19)11-14(12)20/h3-7,11H,2,8-10H2,1H3,(H,21,24)(H,22,25). The average molecular weight is 380 g/mol. The van der Waals surface area contributed by atoms with Gasteiger partial charge in [-0.15, -0.1) is 0 Å². The van der Waals surface area contributed by atoms with Crippen LogP contribution in [-0.4, -0.2) is 29.9 Å². The molecule has 0 atom stereocenters. The molecule has 0 spiro atoms. The summed E-state index contributed by atoms with van der Waals surface area (Å²) in [7, 11) is 0. The number of amides is 2. The van der Waals surface area contributed by atoms with Crippen molar-refractivity contribution in [3.63, 3.8) is 0 Å². The van der Waals surface area contributed by atoms with E-state index in [0.717, 1.165) is 12.0 Å². The van der Waals surface area contributed by atoms with Crippen LogP contribution in [0, 0.1) is 0 Å². The van der Waals surface area contributed by atoms with E-state index in [4.69, 9.17) is 23.2 Å². The SMILES string of the molecule is CCCNC(=O)c1cccc(C(=O)NCCc2ccc(Cl)cc2Cl)n1. The number of pyridine rings is 1. The van der Waals surface area contributed by atoms with Crippen LogP contribution in [0.25, 0.3) is 0 Å². The van der Waals surface area contributed by atoms with E-state index in [0.29, 0.717) is 29.6 Å². The monoisotopic (exact) mass is 379 g/mol. The number of carbonyl (C=O) groups is 2. The Bertz CT molecular complexity index is 766. The molecule has 0 aliphatic carbocycles. The van der Waals surface area contributed by atoms with Gasteiger partial charge in [0.1, 0.15) is 11.4 Å². The first-order valence-electron chi connectivity index (χ1n) is 7.98. The van der Waals surface area contributed by atoms with Crippen LogP contribution in [0.1, 0.15) is 39.9 Å². The number of rotatable bonds is 7. The summed E-state index contributed by atoms with van der Waals surface area (Å²) in [5.74, 6) is -0.625. The van der Waals surface area contributed by atoms with Crippen LogP contribution >= 0.6 is 23.2 Å². The second-order valence-electron chi connectivity index (χ2n) is 5.41. The molecule has 0 bridgehead atoms. The third kappa shape index (κ3) is 5.73. The van der Waals surface area contributed by atoms with Crippen LogP contribution in [-0.2, 0) is 6.42 Å². The molecule has 0 fully saturated rings. The van der Waals surface area contributed by atoms with Crippen molar-refractivity contribution in [1.29, 1.82) is 0 Å². The smallest absolute Gasteiger partial charge is 0.269 e. The van der Waals surface area contributed by atoms with Crippen molar-refractivity contribution in [2.24, 2.45) is 0 Å². The zero-order valence-electron chi connectivity index (χ0n) is 13.8. The van der Waals surface area contributed by atoms with Crippen LogP contribution in [0.2, 0.25) is 10.0 Å². The highest BCUT2D eigenvalue weighted by atomic mass is 35.5. The molecule has 132 valence electrons. The van der Waals surface area contributed by atoms with Gasteiger partial charge < -0.3 is 10.6 Å². The molecule has 2 N–H and O–H groups in total. The topological polar surface area (TPSA) is 71.1 Å². The van der Waals surface area contributed by atoms with Crippen molar-refractivity contribution >= 4 is 35.0 Å². The second-order valence-corrected chi connectivity index (χ2v) is 6.25. The zero-order chi connectivity index (χ0) is 18.2. The molecule has 0 unspecified atom stereocenters. The van der Waals surface area contributed by atoms with E-state index >= 15 is 0 Å². The molecule has 1 heterocycles. The highest BCUT2D eigenvalue weighted by Gasteiger charge is 2.12. The lowest BCUT2D eigenvalue weighted by Crippen LogP contribution is -2.29. The molecule has 0 radical (unpaired) electrons. The summed E-state index contributed by atoms with van der Waals surface area (Å²) in [6.07, 6.45) is 1.40. The van der Waals surface area contributed by atoms with E-state index in [1.807, 2.05) is 13.0 Å². The summed E-state index contributed by atoms with van der Waals surface area (Å²) in [5.41, 5.74) is 1.32. The number of hydrogen-bond donors (Lipinski definition) is 2. The van der Waals surface area contributed by atoms with Crippen molar-refractivity contribution in [3.05, 3.63) is 63.4 Å². The van der Waals surface area contributed by atoms with Crippen LogP contribution in [0.3, 0.4) is 0 Å². The molecule has 2 amide bonds. The van der Waals surface area contributed by atoms with Gasteiger partial charge in [-0.05, 0) is 42.7 Å². The van der Waals surface area contributed by atoms with Crippen molar-refractivity contribution in [2.75, 3.05) is 13.1 Å². The molecule has 2 aromatic rings. The summed E-state index contributed by atoms with van der Waals surface area (Å²) in [5, 5.41) is 6.64. The average Bonchev–Trinajstić information content (AvgIpc) is 2.61. The predicted molar refractivity (Wildman–Crippen MR) is 99.4 cm³/mol. The van der Waals surface area contributed by atoms with Gasteiger partial charge in [-0.1, -0.05) is 42.3 Å². The summed E-state index contributed by atoms with van der Waals surface area (Å²) >= 11 is 12.0. The summed E-state index contributed by atoms with van der Waals surface area (Å²) in [6.45, 7) is 2.93. The fourth-order valence-electron chi connectivity index (χ4n) is 2.14. The lowest BCUT2D eigenvalue weighted by molar-refractivity contribution is 0.0944. The van der Waals surface area contributed by atoms with Crippen LogP contribution in [0.4, 0.5) is 0 Å². The first-order chi connectivity index (χ1) is 12.0. The fourth-order valence-corrected chi connectivity index (χ4v) is 2.65. The van der Waals surface area contributed by atoms with Crippen LogP contribution in [0.15, 0.2) is 36.4 Å². The number of nitrogens with one attached hydrogen (secondary N) is 2. The van der Waals surface area contributed by atoms with Gasteiger partial charge in [0.05, 0.1) is 0 Å². The van der Waals surface area contributed by atoms with Gasteiger partial charge in [-0.3, -0.25) is 9.59 Å². The van der Waals surface area contributed by atoms with Gasteiger partial charge in [0.2, 0.25) is 0 Å². The number of aromatic nitrogens is 1. The number of hydrogen-bond acceptors (Lipinski definition) is 3. The molecule has 0 aliphatic heterocycles. The van der Waals surface area contributed by atoms with E-state index in [2.05, 4.69) is 15.6 Å². The second kappa shape index (κ2) is 9.39. The molecule has 7 heteroatoms. The van der Waals surface area contributed by atoms with Crippen LogP contribution in [0.5, 0.6) is 0 Å². The van der Waals surface area contributed by atoms with Gasteiger partial charge in [-0.25, -0.2) is 4.98 Å². The molecular formula is C18H19Cl2N3O2. The van der Waals surface area contributed by atoms with Crippen molar-refractivity contribution in [2.45, 2.75) is 19.8 Å². The Kier molecular flexibility index (Phi) is 7.22. The highest BCUT2D eigenvalue weighted by Crippen LogP contribution is 2.21. The van der Waals surface area contributed by atoms with E-state index in [9.17, 15) is 9.59 Å². The maximum atomic E-state index is 12.2. The summed E-state index contributed by atoms with van der Waals surface area (Å²) in [6, 6.07) is 10.0. The largest absolute Gasteiger partial charge is 0.351 e. The molecule has 25 heavy (non-hydrogen) atoms. The first-order valence-corrected chi connectivity index (χ1v) is 8.74. The minimum atomic E-state index is -0.338. The first kappa shape index (κ1) is 19.2. The maximum Gasteiger partial charge on any atom is 0.269 e. The van der Waals surface area contributed by atoms with Crippen molar-refractivity contribution in [1.82, 2.24) is 15.6 Å².